The van der Waals surface area contributed by atoms with Crippen LogP contribution >= 0.6 is 11.3 Å². The maximum atomic E-state index is 6.00. The molecule has 0 amide bonds. The van der Waals surface area contributed by atoms with Gasteiger partial charge in [-0.15, -0.1) is 11.3 Å². The minimum absolute atomic E-state index is 0.0341. The SMILES string of the molecule is CC(C)Cc1ncc(CN[C@H]2CCCO[C@@H]2c2nccn2C)s1. The summed E-state index contributed by atoms with van der Waals surface area (Å²) < 4.78 is 8.06. The first-order chi connectivity index (χ1) is 11.1. The van der Waals surface area contributed by atoms with Crippen molar-refractivity contribution in [2.75, 3.05) is 6.61 Å². The Hall–Kier alpha value is -1.24. The minimum Gasteiger partial charge on any atom is -0.369 e. The molecular weight excluding hydrogens is 308 g/mol. The molecule has 0 radical (unpaired) electrons. The second-order valence-corrected chi connectivity index (χ2v) is 7.84. The predicted octanol–water partition coefficient (Wildman–Crippen LogP) is 3.09. The van der Waals surface area contributed by atoms with Gasteiger partial charge in [0, 0.05) is 56.1 Å². The Morgan fingerprint density at radius 1 is 1.43 bits per heavy atom. The zero-order chi connectivity index (χ0) is 16.2. The third kappa shape index (κ3) is 4.19. The fraction of sp³-hybridized carbons (Fsp3) is 0.647. The highest BCUT2D eigenvalue weighted by Gasteiger charge is 2.29. The topological polar surface area (TPSA) is 52.0 Å². The van der Waals surface area contributed by atoms with E-state index >= 15 is 0 Å². The van der Waals surface area contributed by atoms with E-state index in [0.717, 1.165) is 38.2 Å². The van der Waals surface area contributed by atoms with E-state index < -0.39 is 0 Å². The van der Waals surface area contributed by atoms with Crippen LogP contribution in [0.25, 0.3) is 0 Å². The number of ether oxygens (including phenoxy) is 1. The molecule has 2 aromatic heterocycles. The Bertz CT molecular complexity index is 622. The number of nitrogens with one attached hydrogen (secondary N) is 1. The highest BCUT2D eigenvalue weighted by molar-refractivity contribution is 7.11. The number of hydrogen-bond donors (Lipinski definition) is 1. The van der Waals surface area contributed by atoms with Crippen LogP contribution in [0.4, 0.5) is 0 Å². The third-order valence-corrected chi connectivity index (χ3v) is 5.18. The van der Waals surface area contributed by atoms with E-state index in [9.17, 15) is 0 Å². The van der Waals surface area contributed by atoms with E-state index in [1.807, 2.05) is 37.0 Å². The summed E-state index contributed by atoms with van der Waals surface area (Å²) in [5.74, 6) is 1.66. The Morgan fingerprint density at radius 2 is 2.30 bits per heavy atom. The molecule has 0 bridgehead atoms. The van der Waals surface area contributed by atoms with E-state index in [4.69, 9.17) is 4.74 Å². The Labute approximate surface area is 142 Å². The molecule has 1 aliphatic heterocycles. The smallest absolute Gasteiger partial charge is 0.139 e. The predicted molar refractivity (Wildman–Crippen MR) is 92.4 cm³/mol. The van der Waals surface area contributed by atoms with Crippen molar-refractivity contribution in [2.45, 2.75) is 51.8 Å². The van der Waals surface area contributed by atoms with Crippen LogP contribution in [0.3, 0.4) is 0 Å². The molecular formula is C17H26N4OS. The summed E-state index contributed by atoms with van der Waals surface area (Å²) in [5.41, 5.74) is 0. The van der Waals surface area contributed by atoms with Crippen LogP contribution in [-0.2, 0) is 24.8 Å². The lowest BCUT2D eigenvalue weighted by Crippen LogP contribution is -2.40. The fourth-order valence-corrected chi connectivity index (χ4v) is 4.09. The van der Waals surface area contributed by atoms with Crippen LogP contribution in [-0.4, -0.2) is 27.2 Å². The standard InChI is InChI=1S/C17H26N4OS/c1-12(2)9-15-20-11-13(23-15)10-19-14-5-4-8-22-16(14)17-18-6-7-21(17)3/h6-7,11-12,14,16,19H,4-5,8-10H2,1-3H3/t14-,16-/m0/s1. The second-order valence-electron chi connectivity index (χ2n) is 6.64. The third-order valence-electron chi connectivity index (χ3n) is 4.16. The molecule has 5 nitrogen and oxygen atoms in total. The molecule has 2 atom stereocenters. The summed E-state index contributed by atoms with van der Waals surface area (Å²) in [6.07, 6.45) is 9.14. The monoisotopic (exact) mass is 334 g/mol. The normalized spacial score (nSPS) is 21.9. The number of nitrogens with zero attached hydrogens (tertiary/aromatic N) is 3. The van der Waals surface area contributed by atoms with Crippen molar-refractivity contribution in [1.82, 2.24) is 19.9 Å². The van der Waals surface area contributed by atoms with Gasteiger partial charge in [0.1, 0.15) is 11.9 Å². The van der Waals surface area contributed by atoms with Crippen LogP contribution in [0.2, 0.25) is 0 Å². The van der Waals surface area contributed by atoms with Crippen molar-refractivity contribution in [2.24, 2.45) is 13.0 Å². The second kappa shape index (κ2) is 7.55. The number of rotatable bonds is 6. The van der Waals surface area contributed by atoms with E-state index in [0.29, 0.717) is 12.0 Å². The Kier molecular flexibility index (Phi) is 5.46. The average Bonchev–Trinajstić information content (AvgIpc) is 3.14. The summed E-state index contributed by atoms with van der Waals surface area (Å²) in [7, 11) is 2.03. The van der Waals surface area contributed by atoms with Crippen molar-refractivity contribution >= 4 is 11.3 Å². The lowest BCUT2D eigenvalue weighted by molar-refractivity contribution is -0.0177. The molecule has 1 aliphatic rings. The van der Waals surface area contributed by atoms with Crippen molar-refractivity contribution in [1.29, 1.82) is 0 Å². The lowest BCUT2D eigenvalue weighted by Gasteiger charge is -2.32. The first kappa shape index (κ1) is 16.6. The fourth-order valence-electron chi connectivity index (χ4n) is 3.00. The van der Waals surface area contributed by atoms with Gasteiger partial charge in [-0.05, 0) is 18.8 Å². The molecule has 126 valence electrons. The summed E-state index contributed by atoms with van der Waals surface area (Å²) in [5, 5.41) is 4.90. The first-order valence-electron chi connectivity index (χ1n) is 8.39. The van der Waals surface area contributed by atoms with Crippen LogP contribution in [0.5, 0.6) is 0 Å². The van der Waals surface area contributed by atoms with E-state index in [1.165, 1.54) is 9.88 Å². The molecule has 0 unspecified atom stereocenters. The van der Waals surface area contributed by atoms with Gasteiger partial charge in [-0.1, -0.05) is 13.8 Å². The van der Waals surface area contributed by atoms with Gasteiger partial charge in [0.25, 0.3) is 0 Å². The van der Waals surface area contributed by atoms with E-state index in [1.54, 1.807) is 0 Å². The van der Waals surface area contributed by atoms with Gasteiger partial charge in [0.15, 0.2) is 0 Å². The quantitative estimate of drug-likeness (QED) is 0.882. The number of imidazole rings is 1. The van der Waals surface area contributed by atoms with Crippen molar-refractivity contribution in [3.05, 3.63) is 34.3 Å². The molecule has 1 saturated heterocycles. The number of aromatic nitrogens is 3. The van der Waals surface area contributed by atoms with Gasteiger partial charge in [-0.3, -0.25) is 0 Å². The molecule has 0 saturated carbocycles. The van der Waals surface area contributed by atoms with Crippen molar-refractivity contribution < 1.29 is 4.74 Å². The molecule has 0 aromatic carbocycles. The number of thiazole rings is 1. The van der Waals surface area contributed by atoms with Crippen LogP contribution in [0, 0.1) is 5.92 Å². The van der Waals surface area contributed by atoms with Crippen LogP contribution in [0.1, 0.15) is 48.5 Å². The molecule has 23 heavy (non-hydrogen) atoms. The lowest BCUT2D eigenvalue weighted by atomic mass is 10.0. The van der Waals surface area contributed by atoms with Crippen molar-refractivity contribution in [3.63, 3.8) is 0 Å². The van der Waals surface area contributed by atoms with Gasteiger partial charge in [-0.2, -0.15) is 0 Å². The molecule has 1 fully saturated rings. The average molecular weight is 334 g/mol. The zero-order valence-corrected chi connectivity index (χ0v) is 15.0. The van der Waals surface area contributed by atoms with E-state index in [2.05, 4.69) is 33.7 Å². The summed E-state index contributed by atoms with van der Waals surface area (Å²) in [6, 6.07) is 0.306. The zero-order valence-electron chi connectivity index (χ0n) is 14.2. The van der Waals surface area contributed by atoms with Crippen molar-refractivity contribution in [3.8, 4) is 0 Å². The van der Waals surface area contributed by atoms with E-state index in [-0.39, 0.29) is 6.10 Å². The molecule has 1 N–H and O–H groups in total. The Balaban J connectivity index is 1.61. The van der Waals surface area contributed by atoms with Gasteiger partial charge < -0.3 is 14.6 Å². The molecule has 2 aromatic rings. The van der Waals surface area contributed by atoms with Gasteiger partial charge in [0.05, 0.1) is 5.01 Å². The maximum Gasteiger partial charge on any atom is 0.139 e. The molecule has 0 aliphatic carbocycles. The summed E-state index contributed by atoms with van der Waals surface area (Å²) >= 11 is 1.82. The molecule has 0 spiro atoms. The molecule has 6 heteroatoms. The highest BCUT2D eigenvalue weighted by Crippen LogP contribution is 2.27. The van der Waals surface area contributed by atoms with Crippen LogP contribution < -0.4 is 5.32 Å². The highest BCUT2D eigenvalue weighted by atomic mass is 32.1. The molecule has 3 rings (SSSR count). The Morgan fingerprint density at radius 3 is 3.04 bits per heavy atom. The number of hydrogen-bond acceptors (Lipinski definition) is 5. The van der Waals surface area contributed by atoms with Crippen LogP contribution in [0.15, 0.2) is 18.6 Å². The minimum atomic E-state index is 0.0341. The van der Waals surface area contributed by atoms with Gasteiger partial charge in [-0.25, -0.2) is 9.97 Å². The summed E-state index contributed by atoms with van der Waals surface area (Å²) in [4.78, 5) is 10.3. The first-order valence-corrected chi connectivity index (χ1v) is 9.21. The number of aryl methyl sites for hydroxylation is 1. The maximum absolute atomic E-state index is 6.00. The van der Waals surface area contributed by atoms with Gasteiger partial charge in [0.2, 0.25) is 0 Å². The summed E-state index contributed by atoms with van der Waals surface area (Å²) in [6.45, 7) is 6.13. The molecule has 3 heterocycles. The van der Waals surface area contributed by atoms with Gasteiger partial charge >= 0.3 is 0 Å². The largest absolute Gasteiger partial charge is 0.369 e.